The quantitative estimate of drug-likeness (QED) is 0.498. The predicted octanol–water partition coefficient (Wildman–Crippen LogP) is 3.69. The van der Waals surface area contributed by atoms with E-state index in [1.54, 1.807) is 11.3 Å². The number of hydrogen-bond acceptors (Lipinski definition) is 7. The second-order valence-electron chi connectivity index (χ2n) is 7.76. The number of carbonyl (C=O) groups excluding carboxylic acids is 1. The maximum atomic E-state index is 12.2. The summed E-state index contributed by atoms with van der Waals surface area (Å²) >= 11 is 1.59. The highest BCUT2D eigenvalue weighted by Gasteiger charge is 2.37. The third kappa shape index (κ3) is 2.63. The predicted molar refractivity (Wildman–Crippen MR) is 120 cm³/mol. The van der Waals surface area contributed by atoms with Crippen molar-refractivity contribution in [3.05, 3.63) is 54.0 Å². The average Bonchev–Trinajstić information content (AvgIpc) is 3.55. The minimum Gasteiger partial charge on any atom is -0.383 e. The zero-order valence-corrected chi connectivity index (χ0v) is 17.5. The Bertz CT molecular complexity index is 1420. The summed E-state index contributed by atoms with van der Waals surface area (Å²) in [5, 5.41) is 5.77. The third-order valence-corrected chi connectivity index (χ3v) is 7.01. The minimum absolute atomic E-state index is 0.0407. The maximum absolute atomic E-state index is 12.2. The fourth-order valence-corrected chi connectivity index (χ4v) is 5.54. The van der Waals surface area contributed by atoms with Gasteiger partial charge in [-0.15, -0.1) is 11.3 Å². The molecule has 3 aromatic heterocycles. The maximum Gasteiger partial charge on any atom is 0.250 e. The van der Waals surface area contributed by atoms with Gasteiger partial charge in [-0.05, 0) is 43.0 Å². The second-order valence-corrected chi connectivity index (χ2v) is 8.64. The van der Waals surface area contributed by atoms with Crippen molar-refractivity contribution in [1.29, 1.82) is 0 Å². The van der Waals surface area contributed by atoms with E-state index in [1.807, 2.05) is 27.2 Å². The molecule has 4 aromatic rings. The van der Waals surface area contributed by atoms with Crippen LogP contribution in [0.5, 0.6) is 0 Å². The summed E-state index contributed by atoms with van der Waals surface area (Å²) in [6.07, 6.45) is 5.42. The van der Waals surface area contributed by atoms with E-state index in [0.717, 1.165) is 57.5 Å². The van der Waals surface area contributed by atoms with Gasteiger partial charge >= 0.3 is 0 Å². The number of likely N-dealkylation sites (tertiary alicyclic amines) is 1. The zero-order valence-electron chi connectivity index (χ0n) is 16.7. The zero-order chi connectivity index (χ0) is 21.1. The van der Waals surface area contributed by atoms with Crippen LogP contribution >= 0.6 is 11.3 Å². The highest BCUT2D eigenvalue weighted by Crippen LogP contribution is 2.45. The Kier molecular flexibility index (Phi) is 3.94. The van der Waals surface area contributed by atoms with Crippen LogP contribution in [-0.2, 0) is 4.79 Å². The van der Waals surface area contributed by atoms with E-state index in [4.69, 9.17) is 10.8 Å². The fraction of sp³-hybridized carbons (Fsp3) is 0.227. The van der Waals surface area contributed by atoms with E-state index in [0.29, 0.717) is 12.4 Å². The van der Waals surface area contributed by atoms with Crippen LogP contribution in [0.4, 0.5) is 5.82 Å². The van der Waals surface area contributed by atoms with Crippen molar-refractivity contribution in [2.24, 2.45) is 0 Å². The van der Waals surface area contributed by atoms with Gasteiger partial charge in [0.25, 0.3) is 0 Å². The van der Waals surface area contributed by atoms with Crippen LogP contribution in [0.15, 0.2) is 54.0 Å². The van der Waals surface area contributed by atoms with E-state index in [1.165, 1.54) is 18.0 Å². The summed E-state index contributed by atoms with van der Waals surface area (Å²) in [7, 11) is 0. The van der Waals surface area contributed by atoms with Crippen molar-refractivity contribution in [2.45, 2.75) is 25.3 Å². The third-order valence-electron chi connectivity index (χ3n) is 6.22. The first-order chi connectivity index (χ1) is 15.2. The van der Waals surface area contributed by atoms with Crippen molar-refractivity contribution in [3.63, 3.8) is 0 Å². The van der Waals surface area contributed by atoms with Gasteiger partial charge < -0.3 is 10.6 Å². The summed E-state index contributed by atoms with van der Waals surface area (Å²) in [4.78, 5) is 27.2. The van der Waals surface area contributed by atoms with Gasteiger partial charge in [0, 0.05) is 17.8 Å². The molecule has 0 saturated heterocycles. The number of hydrogen-bond donors (Lipinski definition) is 1. The number of benzene rings is 1. The molecular formula is C22H19N7OS. The Labute approximate surface area is 181 Å². The largest absolute Gasteiger partial charge is 0.383 e. The molecule has 1 atom stereocenters. The topological polar surface area (TPSA) is 103 Å². The van der Waals surface area contributed by atoms with Gasteiger partial charge in [0.2, 0.25) is 5.91 Å². The van der Waals surface area contributed by atoms with Crippen molar-refractivity contribution < 1.29 is 4.79 Å². The van der Waals surface area contributed by atoms with Crippen LogP contribution in [0, 0.1) is 0 Å². The van der Waals surface area contributed by atoms with Gasteiger partial charge in [-0.25, -0.2) is 19.6 Å². The molecule has 154 valence electrons. The van der Waals surface area contributed by atoms with Gasteiger partial charge in [-0.3, -0.25) is 4.79 Å². The van der Waals surface area contributed by atoms with Crippen molar-refractivity contribution in [3.8, 4) is 11.3 Å². The number of aromatic nitrogens is 5. The number of nitrogens with zero attached hydrogens (tertiary/aromatic N) is 6. The van der Waals surface area contributed by atoms with Gasteiger partial charge in [0.1, 0.15) is 17.8 Å². The standard InChI is InChI=1S/C22H19N7OS/c1-2-18(30)28-8-7-13-15(28)5-6-16(13)29-22-19(21(23)24-10-25-22)20(27-29)12-3-4-14-17(9-12)31-11-26-14/h2-4,9-11,16H,1,5-8H2,(H2,23,24,25). The Balaban J connectivity index is 1.52. The van der Waals surface area contributed by atoms with Gasteiger partial charge in [0.05, 0.1) is 27.2 Å². The number of anilines is 1. The Morgan fingerprint density at radius 2 is 2.16 bits per heavy atom. The van der Waals surface area contributed by atoms with Gasteiger partial charge in [0.15, 0.2) is 5.65 Å². The smallest absolute Gasteiger partial charge is 0.250 e. The number of nitrogen functional groups attached to an aromatic ring is 1. The molecule has 1 aliphatic carbocycles. The molecule has 1 unspecified atom stereocenters. The normalized spacial score (nSPS) is 18.3. The average molecular weight is 430 g/mol. The first-order valence-electron chi connectivity index (χ1n) is 10.1. The summed E-state index contributed by atoms with van der Waals surface area (Å²) < 4.78 is 3.07. The lowest BCUT2D eigenvalue weighted by Gasteiger charge is -2.17. The molecule has 1 amide bonds. The SMILES string of the molecule is C=CC(=O)N1CCC2=C1CCC2n1nc(-c2ccc3ncsc3c2)c2c(N)ncnc21. The first kappa shape index (κ1) is 18.2. The molecule has 1 aromatic carbocycles. The van der Waals surface area contributed by atoms with Crippen LogP contribution in [-0.4, -0.2) is 42.1 Å². The van der Waals surface area contributed by atoms with Crippen LogP contribution in [0.1, 0.15) is 25.3 Å². The molecule has 6 rings (SSSR count). The van der Waals surface area contributed by atoms with Crippen LogP contribution in [0.3, 0.4) is 0 Å². The minimum atomic E-state index is -0.0407. The molecule has 1 aliphatic heterocycles. The summed E-state index contributed by atoms with van der Waals surface area (Å²) in [6.45, 7) is 4.33. The van der Waals surface area contributed by atoms with Crippen molar-refractivity contribution >= 4 is 44.3 Å². The summed E-state index contributed by atoms with van der Waals surface area (Å²) in [6, 6.07) is 6.15. The lowest BCUT2D eigenvalue weighted by Crippen LogP contribution is -2.25. The Morgan fingerprint density at radius 1 is 1.26 bits per heavy atom. The molecule has 0 spiro atoms. The van der Waals surface area contributed by atoms with Crippen LogP contribution < -0.4 is 5.73 Å². The summed E-state index contributed by atoms with van der Waals surface area (Å²) in [5.41, 5.74) is 13.9. The Hall–Kier alpha value is -3.59. The molecule has 8 nitrogen and oxygen atoms in total. The van der Waals surface area contributed by atoms with E-state index in [9.17, 15) is 4.79 Å². The number of carbonyl (C=O) groups is 1. The molecule has 2 aliphatic rings. The monoisotopic (exact) mass is 429 g/mol. The molecule has 0 radical (unpaired) electrons. The molecule has 9 heteroatoms. The number of fused-ring (bicyclic) bond motifs is 2. The van der Waals surface area contributed by atoms with Gasteiger partial charge in [-0.1, -0.05) is 12.6 Å². The second kappa shape index (κ2) is 6.71. The number of nitrogens with two attached hydrogens (primary N) is 1. The lowest BCUT2D eigenvalue weighted by atomic mass is 10.1. The number of amides is 1. The molecule has 4 heterocycles. The van der Waals surface area contributed by atoms with Crippen molar-refractivity contribution in [2.75, 3.05) is 12.3 Å². The van der Waals surface area contributed by atoms with Crippen molar-refractivity contribution in [1.82, 2.24) is 29.6 Å². The van der Waals surface area contributed by atoms with Gasteiger partial charge in [-0.2, -0.15) is 5.10 Å². The molecule has 2 N–H and O–H groups in total. The molecule has 0 bridgehead atoms. The van der Waals surface area contributed by atoms with E-state index < -0.39 is 0 Å². The molecule has 31 heavy (non-hydrogen) atoms. The number of thiazole rings is 1. The molecule has 0 saturated carbocycles. The lowest BCUT2D eigenvalue weighted by molar-refractivity contribution is -0.123. The highest BCUT2D eigenvalue weighted by molar-refractivity contribution is 7.16. The molecule has 0 fully saturated rings. The number of allylic oxidation sites excluding steroid dienone is 1. The van der Waals surface area contributed by atoms with Crippen LogP contribution in [0.25, 0.3) is 32.5 Å². The fourth-order valence-electron chi connectivity index (χ4n) is 4.83. The molecular weight excluding hydrogens is 410 g/mol. The van der Waals surface area contributed by atoms with Crippen LogP contribution in [0.2, 0.25) is 0 Å². The van der Waals surface area contributed by atoms with E-state index >= 15 is 0 Å². The summed E-state index contributed by atoms with van der Waals surface area (Å²) in [5.74, 6) is 0.374. The van der Waals surface area contributed by atoms with E-state index in [-0.39, 0.29) is 11.9 Å². The highest BCUT2D eigenvalue weighted by atomic mass is 32.1. The first-order valence-corrected chi connectivity index (χ1v) is 11.0. The Morgan fingerprint density at radius 3 is 3.03 bits per heavy atom. The number of rotatable bonds is 3. The van der Waals surface area contributed by atoms with E-state index in [2.05, 4.69) is 27.6 Å².